The van der Waals surface area contributed by atoms with Gasteiger partial charge in [-0.15, -0.1) is 11.3 Å². The first-order chi connectivity index (χ1) is 12.1. The van der Waals surface area contributed by atoms with E-state index < -0.39 is 6.04 Å². The van der Waals surface area contributed by atoms with Crippen LogP contribution in [0.15, 0.2) is 29.8 Å². The van der Waals surface area contributed by atoms with Crippen LogP contribution in [0.25, 0.3) is 0 Å². The molecule has 1 saturated carbocycles. The lowest BCUT2D eigenvalue weighted by molar-refractivity contribution is -0.137. The summed E-state index contributed by atoms with van der Waals surface area (Å²) >= 11 is 1.69. The number of nitrogens with one attached hydrogen (secondary N) is 1. The van der Waals surface area contributed by atoms with E-state index in [2.05, 4.69) is 23.4 Å². The van der Waals surface area contributed by atoms with E-state index in [4.69, 9.17) is 0 Å². The van der Waals surface area contributed by atoms with E-state index in [1.807, 2.05) is 22.4 Å². The fourth-order valence-corrected chi connectivity index (χ4v) is 4.15. The highest BCUT2D eigenvalue weighted by Crippen LogP contribution is 2.40. The van der Waals surface area contributed by atoms with Gasteiger partial charge in [-0.3, -0.25) is 14.3 Å². The Morgan fingerprint density at radius 2 is 2.24 bits per heavy atom. The fraction of sp³-hybridized carbons (Fsp3) is 0.500. The van der Waals surface area contributed by atoms with Gasteiger partial charge in [0.1, 0.15) is 6.04 Å². The molecule has 0 saturated heterocycles. The van der Waals surface area contributed by atoms with Crippen LogP contribution in [0.2, 0.25) is 0 Å². The van der Waals surface area contributed by atoms with Gasteiger partial charge in [-0.25, -0.2) is 0 Å². The van der Waals surface area contributed by atoms with Gasteiger partial charge < -0.3 is 10.2 Å². The van der Waals surface area contributed by atoms with Crippen molar-refractivity contribution in [1.82, 2.24) is 20.0 Å². The standard InChI is InChI=1S/C18H22N4O2S/c1-12-9-15(12)18(24)21-10-13-4-7-20-22(13)16(11-21)17(23)19-6-5-14-3-2-8-25-14/h2-4,7-8,12,15-16H,5-6,9-11H2,1H3,(H,19,23)/t12-,15-,16-/m1/s1. The summed E-state index contributed by atoms with van der Waals surface area (Å²) < 4.78 is 1.76. The topological polar surface area (TPSA) is 67.2 Å². The smallest absolute Gasteiger partial charge is 0.246 e. The number of hydrogen-bond donors (Lipinski definition) is 1. The van der Waals surface area contributed by atoms with Crippen molar-refractivity contribution in [3.63, 3.8) is 0 Å². The summed E-state index contributed by atoms with van der Waals surface area (Å²) in [7, 11) is 0. The molecular weight excluding hydrogens is 336 g/mol. The minimum Gasteiger partial charge on any atom is -0.354 e. The molecule has 0 aromatic carbocycles. The largest absolute Gasteiger partial charge is 0.354 e. The molecule has 1 fully saturated rings. The second-order valence-corrected chi connectivity index (χ2v) is 7.97. The van der Waals surface area contributed by atoms with Gasteiger partial charge in [-0.1, -0.05) is 13.0 Å². The van der Waals surface area contributed by atoms with Gasteiger partial charge in [0.2, 0.25) is 11.8 Å². The first-order valence-corrected chi connectivity index (χ1v) is 9.62. The number of aromatic nitrogens is 2. The maximum absolute atomic E-state index is 12.7. The summed E-state index contributed by atoms with van der Waals surface area (Å²) in [5.74, 6) is 0.716. The van der Waals surface area contributed by atoms with Gasteiger partial charge in [0.05, 0.1) is 18.8 Å². The molecule has 2 aromatic heterocycles. The zero-order valence-corrected chi connectivity index (χ0v) is 15.0. The van der Waals surface area contributed by atoms with Crippen LogP contribution in [0.5, 0.6) is 0 Å². The fourth-order valence-electron chi connectivity index (χ4n) is 3.44. The number of nitrogens with zero attached hydrogens (tertiary/aromatic N) is 3. The molecule has 0 unspecified atom stereocenters. The number of rotatable bonds is 5. The van der Waals surface area contributed by atoms with E-state index >= 15 is 0 Å². The summed E-state index contributed by atoms with van der Waals surface area (Å²) in [4.78, 5) is 28.4. The molecule has 1 aliphatic carbocycles. The summed E-state index contributed by atoms with van der Waals surface area (Å²) in [5, 5.41) is 9.35. The molecule has 4 rings (SSSR count). The van der Waals surface area contributed by atoms with Crippen LogP contribution in [0, 0.1) is 11.8 Å². The van der Waals surface area contributed by atoms with Crippen LogP contribution < -0.4 is 5.32 Å². The van der Waals surface area contributed by atoms with Crippen LogP contribution in [0.4, 0.5) is 0 Å². The molecular formula is C18H22N4O2S. The van der Waals surface area contributed by atoms with Crippen LogP contribution in [0.1, 0.15) is 30.0 Å². The normalized spacial score (nSPS) is 24.7. The predicted octanol–water partition coefficient (Wildman–Crippen LogP) is 1.84. The Kier molecular flexibility index (Phi) is 4.33. The van der Waals surface area contributed by atoms with Crippen LogP contribution in [-0.2, 0) is 22.6 Å². The maximum Gasteiger partial charge on any atom is 0.246 e. The maximum atomic E-state index is 12.7. The molecule has 132 valence electrons. The Labute approximate surface area is 150 Å². The molecule has 2 aromatic rings. The highest BCUT2D eigenvalue weighted by Gasteiger charge is 2.43. The summed E-state index contributed by atoms with van der Waals surface area (Å²) in [6.45, 7) is 3.65. The lowest BCUT2D eigenvalue weighted by Crippen LogP contribution is -2.47. The SMILES string of the molecule is C[C@@H]1C[C@H]1C(=O)N1Cc2ccnn2[C@@H](C(=O)NCCc2cccs2)C1. The molecule has 1 N–H and O–H groups in total. The van der Waals surface area contributed by atoms with E-state index in [1.54, 1.807) is 22.2 Å². The van der Waals surface area contributed by atoms with Gasteiger partial charge in [-0.05, 0) is 36.3 Å². The average Bonchev–Trinajstić information content (AvgIpc) is 3.03. The van der Waals surface area contributed by atoms with Gasteiger partial charge in [0, 0.05) is 23.5 Å². The quantitative estimate of drug-likeness (QED) is 0.887. The minimum absolute atomic E-state index is 0.0668. The van der Waals surface area contributed by atoms with Gasteiger partial charge in [0.25, 0.3) is 0 Å². The zero-order chi connectivity index (χ0) is 17.4. The van der Waals surface area contributed by atoms with Crippen molar-refractivity contribution in [3.8, 4) is 0 Å². The number of fused-ring (bicyclic) bond motifs is 1. The average molecular weight is 358 g/mol. The van der Waals surface area contributed by atoms with Crippen molar-refractivity contribution in [3.05, 3.63) is 40.3 Å². The first kappa shape index (κ1) is 16.3. The Morgan fingerprint density at radius 3 is 2.96 bits per heavy atom. The first-order valence-electron chi connectivity index (χ1n) is 8.74. The van der Waals surface area contributed by atoms with Crippen molar-refractivity contribution in [2.75, 3.05) is 13.1 Å². The minimum atomic E-state index is -0.444. The summed E-state index contributed by atoms with van der Waals surface area (Å²) in [5.41, 5.74) is 0.923. The third kappa shape index (κ3) is 3.33. The van der Waals surface area contributed by atoms with E-state index in [1.165, 1.54) is 4.88 Å². The number of carbonyl (C=O) groups is 2. The number of amides is 2. The molecule has 0 spiro atoms. The Balaban J connectivity index is 1.42. The molecule has 7 heteroatoms. The van der Waals surface area contributed by atoms with Gasteiger partial charge >= 0.3 is 0 Å². The molecule has 25 heavy (non-hydrogen) atoms. The van der Waals surface area contributed by atoms with Crippen molar-refractivity contribution in [1.29, 1.82) is 0 Å². The van der Waals surface area contributed by atoms with E-state index in [-0.39, 0.29) is 17.7 Å². The number of thiophene rings is 1. The molecule has 1 aliphatic heterocycles. The monoisotopic (exact) mass is 358 g/mol. The van der Waals surface area contributed by atoms with Crippen molar-refractivity contribution in [2.24, 2.45) is 11.8 Å². The highest BCUT2D eigenvalue weighted by molar-refractivity contribution is 7.09. The second kappa shape index (κ2) is 6.63. The number of carbonyl (C=O) groups excluding carboxylic acids is 2. The van der Waals surface area contributed by atoms with Crippen molar-refractivity contribution < 1.29 is 9.59 Å². The van der Waals surface area contributed by atoms with Crippen LogP contribution >= 0.6 is 11.3 Å². The van der Waals surface area contributed by atoms with Gasteiger partial charge in [0.15, 0.2) is 0 Å². The number of hydrogen-bond acceptors (Lipinski definition) is 4. The Morgan fingerprint density at radius 1 is 1.40 bits per heavy atom. The lowest BCUT2D eigenvalue weighted by Gasteiger charge is -2.33. The Bertz CT molecular complexity index is 770. The predicted molar refractivity (Wildman–Crippen MR) is 95.0 cm³/mol. The second-order valence-electron chi connectivity index (χ2n) is 6.94. The van der Waals surface area contributed by atoms with E-state index in [0.29, 0.717) is 25.6 Å². The lowest BCUT2D eigenvalue weighted by atomic mass is 10.1. The third-order valence-electron chi connectivity index (χ3n) is 5.09. The molecule has 2 aliphatic rings. The molecule has 3 atom stereocenters. The zero-order valence-electron chi connectivity index (χ0n) is 14.2. The Hall–Kier alpha value is -2.15. The molecule has 3 heterocycles. The molecule has 6 nitrogen and oxygen atoms in total. The molecule has 0 radical (unpaired) electrons. The van der Waals surface area contributed by atoms with Gasteiger partial charge in [-0.2, -0.15) is 5.10 Å². The van der Waals surface area contributed by atoms with Crippen LogP contribution in [0.3, 0.4) is 0 Å². The van der Waals surface area contributed by atoms with Crippen molar-refractivity contribution >= 4 is 23.2 Å². The van der Waals surface area contributed by atoms with E-state index in [9.17, 15) is 9.59 Å². The third-order valence-corrected chi connectivity index (χ3v) is 6.02. The van der Waals surface area contributed by atoms with Crippen LogP contribution in [-0.4, -0.2) is 39.6 Å². The van der Waals surface area contributed by atoms with E-state index in [0.717, 1.165) is 18.5 Å². The van der Waals surface area contributed by atoms with Crippen molar-refractivity contribution in [2.45, 2.75) is 32.4 Å². The highest BCUT2D eigenvalue weighted by atomic mass is 32.1. The molecule has 0 bridgehead atoms. The summed E-state index contributed by atoms with van der Waals surface area (Å²) in [6, 6.07) is 5.53. The summed E-state index contributed by atoms with van der Waals surface area (Å²) in [6.07, 6.45) is 3.49. The molecule has 2 amide bonds.